The van der Waals surface area contributed by atoms with Crippen molar-refractivity contribution in [3.8, 4) is 6.07 Å². The summed E-state index contributed by atoms with van der Waals surface area (Å²) in [6.07, 6.45) is 0.148. The van der Waals surface area contributed by atoms with Gasteiger partial charge in [0, 0.05) is 26.2 Å². The van der Waals surface area contributed by atoms with E-state index in [1.807, 2.05) is 12.1 Å². The molecule has 0 aliphatic carbocycles. The van der Waals surface area contributed by atoms with E-state index < -0.39 is 0 Å². The van der Waals surface area contributed by atoms with Gasteiger partial charge in [0.05, 0.1) is 12.1 Å². The molecule has 1 aliphatic heterocycles. The molecule has 0 aromatic carbocycles. The standard InChI is InChI=1S/C14H20N4O/c1-10(2)18-8-12(13(9-18)19-3)17-14-6-4-5-11(7-15)16-14/h4-6,10,12-13H,8-9H2,1-3H3,(H,16,17)/t12-,13-/m0/s1. The normalized spacial score (nSPS) is 23.5. The van der Waals surface area contributed by atoms with Gasteiger partial charge in [0.15, 0.2) is 0 Å². The fourth-order valence-corrected chi connectivity index (χ4v) is 2.37. The number of aromatic nitrogens is 1. The van der Waals surface area contributed by atoms with Gasteiger partial charge < -0.3 is 10.1 Å². The van der Waals surface area contributed by atoms with Crippen LogP contribution in [-0.4, -0.2) is 48.3 Å². The van der Waals surface area contributed by atoms with Crippen molar-refractivity contribution in [2.75, 3.05) is 25.5 Å². The molecule has 1 aromatic heterocycles. The number of ether oxygens (including phenoxy) is 1. The summed E-state index contributed by atoms with van der Waals surface area (Å²) in [5, 5.41) is 12.2. The van der Waals surface area contributed by atoms with Gasteiger partial charge in [-0.3, -0.25) is 4.90 Å². The lowest BCUT2D eigenvalue weighted by molar-refractivity contribution is 0.0983. The fraction of sp³-hybridized carbons (Fsp3) is 0.571. The Hall–Kier alpha value is -1.64. The second kappa shape index (κ2) is 6.00. The number of hydrogen-bond donors (Lipinski definition) is 1. The molecule has 0 radical (unpaired) electrons. The first-order valence-corrected chi connectivity index (χ1v) is 6.54. The molecule has 2 atom stereocenters. The molecule has 1 saturated heterocycles. The number of methoxy groups -OCH3 is 1. The van der Waals surface area contributed by atoms with E-state index in [0.29, 0.717) is 11.7 Å². The van der Waals surface area contributed by atoms with Crippen LogP contribution in [0.3, 0.4) is 0 Å². The third-order valence-corrected chi connectivity index (χ3v) is 3.52. The molecule has 1 N–H and O–H groups in total. The number of nitrogens with zero attached hydrogens (tertiary/aromatic N) is 3. The lowest BCUT2D eigenvalue weighted by Gasteiger charge is -2.20. The lowest BCUT2D eigenvalue weighted by atomic mass is 10.2. The van der Waals surface area contributed by atoms with Crippen molar-refractivity contribution in [1.29, 1.82) is 5.26 Å². The summed E-state index contributed by atoms with van der Waals surface area (Å²) in [7, 11) is 1.74. The monoisotopic (exact) mass is 260 g/mol. The second-order valence-electron chi connectivity index (χ2n) is 5.09. The van der Waals surface area contributed by atoms with Crippen LogP contribution in [0.1, 0.15) is 19.5 Å². The van der Waals surface area contributed by atoms with Gasteiger partial charge in [-0.05, 0) is 26.0 Å². The molecule has 2 rings (SSSR count). The molecule has 0 saturated carbocycles. The smallest absolute Gasteiger partial charge is 0.142 e. The zero-order chi connectivity index (χ0) is 13.8. The van der Waals surface area contributed by atoms with E-state index in [1.165, 1.54) is 0 Å². The average molecular weight is 260 g/mol. The SMILES string of the molecule is CO[C@H]1CN(C(C)C)C[C@@H]1Nc1cccc(C#N)n1. The Kier molecular flexibility index (Phi) is 4.35. The molecule has 0 amide bonds. The Bertz CT molecular complexity index is 469. The quantitative estimate of drug-likeness (QED) is 0.888. The number of pyridine rings is 1. The van der Waals surface area contributed by atoms with Crippen molar-refractivity contribution in [1.82, 2.24) is 9.88 Å². The van der Waals surface area contributed by atoms with Crippen LogP contribution in [0.4, 0.5) is 5.82 Å². The maximum atomic E-state index is 8.86. The highest BCUT2D eigenvalue weighted by Crippen LogP contribution is 2.19. The highest BCUT2D eigenvalue weighted by atomic mass is 16.5. The third kappa shape index (κ3) is 3.22. The van der Waals surface area contributed by atoms with E-state index in [2.05, 4.69) is 35.1 Å². The van der Waals surface area contributed by atoms with Crippen molar-refractivity contribution >= 4 is 5.82 Å². The summed E-state index contributed by atoms with van der Waals surface area (Å²) in [5.74, 6) is 0.733. The second-order valence-corrected chi connectivity index (χ2v) is 5.09. The maximum absolute atomic E-state index is 8.86. The molecule has 0 bridgehead atoms. The minimum Gasteiger partial charge on any atom is -0.378 e. The number of nitrogens with one attached hydrogen (secondary N) is 1. The summed E-state index contributed by atoms with van der Waals surface area (Å²) in [6, 6.07) is 8.18. The van der Waals surface area contributed by atoms with Gasteiger partial charge in [0.2, 0.25) is 0 Å². The largest absolute Gasteiger partial charge is 0.378 e. The van der Waals surface area contributed by atoms with E-state index in [0.717, 1.165) is 18.9 Å². The molecule has 0 unspecified atom stereocenters. The molecular formula is C14H20N4O. The van der Waals surface area contributed by atoms with Crippen molar-refractivity contribution < 1.29 is 4.74 Å². The van der Waals surface area contributed by atoms with Crippen LogP contribution in [0.25, 0.3) is 0 Å². The predicted octanol–water partition coefficient (Wildman–Crippen LogP) is 1.47. The zero-order valence-electron chi connectivity index (χ0n) is 11.6. The van der Waals surface area contributed by atoms with Gasteiger partial charge >= 0.3 is 0 Å². The van der Waals surface area contributed by atoms with Crippen LogP contribution in [0.5, 0.6) is 0 Å². The summed E-state index contributed by atoms with van der Waals surface area (Å²) in [6.45, 7) is 6.21. The summed E-state index contributed by atoms with van der Waals surface area (Å²) < 4.78 is 5.54. The molecular weight excluding hydrogens is 240 g/mol. The first-order chi connectivity index (χ1) is 9.13. The van der Waals surface area contributed by atoms with Crippen molar-refractivity contribution in [2.45, 2.75) is 32.0 Å². The van der Waals surface area contributed by atoms with Crippen molar-refractivity contribution in [2.24, 2.45) is 0 Å². The van der Waals surface area contributed by atoms with Crippen molar-refractivity contribution in [3.63, 3.8) is 0 Å². The minimum atomic E-state index is 0.148. The Morgan fingerprint density at radius 1 is 1.47 bits per heavy atom. The summed E-state index contributed by atoms with van der Waals surface area (Å²) in [5.41, 5.74) is 0.428. The fourth-order valence-electron chi connectivity index (χ4n) is 2.37. The van der Waals surface area contributed by atoms with Gasteiger partial charge in [-0.25, -0.2) is 4.98 Å². The maximum Gasteiger partial charge on any atom is 0.142 e. The molecule has 5 nitrogen and oxygen atoms in total. The highest BCUT2D eigenvalue weighted by molar-refractivity contribution is 5.40. The van der Waals surface area contributed by atoms with Gasteiger partial charge in [0.1, 0.15) is 17.6 Å². The molecule has 1 fully saturated rings. The van der Waals surface area contributed by atoms with Crippen LogP contribution in [-0.2, 0) is 4.74 Å². The zero-order valence-corrected chi connectivity index (χ0v) is 11.6. The molecule has 2 heterocycles. The molecule has 0 spiro atoms. The summed E-state index contributed by atoms with van der Waals surface area (Å²) in [4.78, 5) is 6.62. The number of rotatable bonds is 4. The third-order valence-electron chi connectivity index (χ3n) is 3.52. The van der Waals surface area contributed by atoms with Gasteiger partial charge in [0.25, 0.3) is 0 Å². The van der Waals surface area contributed by atoms with Crippen LogP contribution < -0.4 is 5.32 Å². The molecule has 19 heavy (non-hydrogen) atoms. The first-order valence-electron chi connectivity index (χ1n) is 6.54. The minimum absolute atomic E-state index is 0.148. The Morgan fingerprint density at radius 2 is 2.26 bits per heavy atom. The van der Waals surface area contributed by atoms with E-state index >= 15 is 0 Å². The van der Waals surface area contributed by atoms with E-state index in [-0.39, 0.29) is 12.1 Å². The highest BCUT2D eigenvalue weighted by Gasteiger charge is 2.34. The first kappa shape index (κ1) is 13.8. The lowest BCUT2D eigenvalue weighted by Crippen LogP contribution is -2.34. The van der Waals surface area contributed by atoms with Gasteiger partial charge in [-0.15, -0.1) is 0 Å². The Labute approximate surface area is 114 Å². The van der Waals surface area contributed by atoms with Gasteiger partial charge in [-0.1, -0.05) is 6.07 Å². The van der Waals surface area contributed by atoms with E-state index in [9.17, 15) is 0 Å². The number of hydrogen-bond acceptors (Lipinski definition) is 5. The topological polar surface area (TPSA) is 61.2 Å². The van der Waals surface area contributed by atoms with Gasteiger partial charge in [-0.2, -0.15) is 5.26 Å². The molecule has 5 heteroatoms. The molecule has 102 valence electrons. The summed E-state index contributed by atoms with van der Waals surface area (Å²) >= 11 is 0. The number of nitriles is 1. The Morgan fingerprint density at radius 3 is 2.89 bits per heavy atom. The van der Waals surface area contributed by atoms with Crippen LogP contribution in [0.2, 0.25) is 0 Å². The van der Waals surface area contributed by atoms with Crippen molar-refractivity contribution in [3.05, 3.63) is 23.9 Å². The number of anilines is 1. The van der Waals surface area contributed by atoms with E-state index in [4.69, 9.17) is 10.00 Å². The molecule has 1 aromatic rings. The Balaban J connectivity index is 2.07. The number of likely N-dealkylation sites (tertiary alicyclic amines) is 1. The van der Waals surface area contributed by atoms with Crippen LogP contribution in [0.15, 0.2) is 18.2 Å². The van der Waals surface area contributed by atoms with Crippen LogP contribution in [0, 0.1) is 11.3 Å². The van der Waals surface area contributed by atoms with E-state index in [1.54, 1.807) is 13.2 Å². The molecule has 1 aliphatic rings. The average Bonchev–Trinajstić information content (AvgIpc) is 2.82. The van der Waals surface area contributed by atoms with Crippen LogP contribution >= 0.6 is 0 Å². The predicted molar refractivity (Wildman–Crippen MR) is 73.9 cm³/mol.